The van der Waals surface area contributed by atoms with Gasteiger partial charge in [0.2, 0.25) is 17.8 Å². The maximum atomic E-state index is 13.3. The summed E-state index contributed by atoms with van der Waals surface area (Å²) in [6, 6.07) is 11.5. The topological polar surface area (TPSA) is 193 Å². The van der Waals surface area contributed by atoms with Crippen LogP contribution in [0.15, 0.2) is 48.4 Å². The summed E-state index contributed by atoms with van der Waals surface area (Å²) in [5, 5.41) is 6.04. The number of benzene rings is 2. The number of allylic oxidation sites excluding steroid dienone is 1. The van der Waals surface area contributed by atoms with Crippen LogP contribution in [0.5, 0.6) is 0 Å². The van der Waals surface area contributed by atoms with Crippen LogP contribution in [0.1, 0.15) is 86.3 Å². The number of Topliss-reactive ketones (excluding diaryl/α,β-unsaturated/α-hetero) is 1. The Kier molecular flexibility index (Phi) is 12.3. The summed E-state index contributed by atoms with van der Waals surface area (Å²) in [6.45, 7) is 12.0. The molecule has 3 aromatic rings. The van der Waals surface area contributed by atoms with E-state index in [1.165, 1.54) is 6.92 Å². The van der Waals surface area contributed by atoms with E-state index in [0.717, 1.165) is 80.8 Å². The number of anilines is 4. The number of carbonyl (C=O) groups excluding carboxylic acids is 5. The monoisotopic (exact) mass is 867 g/mol. The van der Waals surface area contributed by atoms with E-state index in [1.54, 1.807) is 17.2 Å². The summed E-state index contributed by atoms with van der Waals surface area (Å²) in [6.07, 6.45) is 7.91. The fourth-order valence-electron chi connectivity index (χ4n) is 9.27. The lowest BCUT2D eigenvalue weighted by molar-refractivity contribution is -0.137. The van der Waals surface area contributed by atoms with E-state index in [1.807, 2.05) is 37.3 Å². The van der Waals surface area contributed by atoms with Gasteiger partial charge in [-0.25, -0.2) is 4.98 Å². The molecule has 8 rings (SSSR count). The van der Waals surface area contributed by atoms with E-state index in [0.29, 0.717) is 47.0 Å². The number of rotatable bonds is 13. The Morgan fingerprint density at radius 1 is 1.03 bits per heavy atom. The average Bonchev–Trinajstić information content (AvgIpc) is 3.53. The van der Waals surface area contributed by atoms with Gasteiger partial charge in [0.25, 0.3) is 11.8 Å². The summed E-state index contributed by atoms with van der Waals surface area (Å²) in [7, 11) is 0. The SMILES string of the molecule is CC(=O)/C(=C\c1cc(Nc2nc(N3CCC(O[C@H]4C[C@H](N5CCN(c6ccc7c(c6)CN(C6CCC(=O)NC6=O)C7=O)C(C)(C)C5)C4)CC3)ncc2Cl)ccc1C)OCC(N)=O. The molecular weight excluding hydrogens is 814 g/mol. The Morgan fingerprint density at radius 2 is 1.81 bits per heavy atom. The third-order valence-electron chi connectivity index (χ3n) is 12.7. The van der Waals surface area contributed by atoms with E-state index in [-0.39, 0.29) is 47.5 Å². The molecule has 16 nitrogen and oxygen atoms in total. The summed E-state index contributed by atoms with van der Waals surface area (Å²) >= 11 is 6.55. The molecule has 1 aliphatic carbocycles. The summed E-state index contributed by atoms with van der Waals surface area (Å²) < 4.78 is 12.0. The van der Waals surface area contributed by atoms with Crippen molar-refractivity contribution in [1.29, 1.82) is 0 Å². The highest BCUT2D eigenvalue weighted by Gasteiger charge is 2.43. The van der Waals surface area contributed by atoms with E-state index in [9.17, 15) is 24.0 Å². The smallest absolute Gasteiger partial charge is 0.255 e. The first-order chi connectivity index (χ1) is 29.6. The van der Waals surface area contributed by atoms with Crippen molar-refractivity contribution in [3.05, 3.63) is 75.6 Å². The number of imide groups is 1. The Labute approximate surface area is 366 Å². The van der Waals surface area contributed by atoms with E-state index < -0.39 is 24.5 Å². The van der Waals surface area contributed by atoms with Crippen LogP contribution in [-0.2, 0) is 35.2 Å². The largest absolute Gasteiger partial charge is 0.480 e. The molecule has 2 aromatic carbocycles. The van der Waals surface area contributed by atoms with Crippen LogP contribution in [0.3, 0.4) is 0 Å². The molecule has 4 amide bonds. The Morgan fingerprint density at radius 3 is 2.52 bits per heavy atom. The van der Waals surface area contributed by atoms with Crippen LogP contribution in [0.4, 0.5) is 23.1 Å². The van der Waals surface area contributed by atoms with Crippen molar-refractivity contribution in [3.8, 4) is 0 Å². The number of aromatic nitrogens is 2. The van der Waals surface area contributed by atoms with Gasteiger partial charge >= 0.3 is 0 Å². The first kappa shape index (κ1) is 43.1. The molecular formula is C45H54ClN9O7. The Bertz CT molecular complexity index is 2310. The Balaban J connectivity index is 0.805. The van der Waals surface area contributed by atoms with E-state index in [4.69, 9.17) is 31.8 Å². The van der Waals surface area contributed by atoms with Crippen LogP contribution in [0, 0.1) is 6.92 Å². The van der Waals surface area contributed by atoms with E-state index >= 15 is 0 Å². The van der Waals surface area contributed by atoms with E-state index in [2.05, 4.69) is 50.2 Å². The molecule has 0 radical (unpaired) electrons. The maximum absolute atomic E-state index is 13.3. The third-order valence-corrected chi connectivity index (χ3v) is 13.0. The predicted octanol–water partition coefficient (Wildman–Crippen LogP) is 4.49. The summed E-state index contributed by atoms with van der Waals surface area (Å²) in [5.74, 6) is -0.767. The number of hydrogen-bond acceptors (Lipinski definition) is 13. The molecule has 1 unspecified atom stereocenters. The molecule has 5 heterocycles. The number of piperidine rings is 2. The van der Waals surface area contributed by atoms with Gasteiger partial charge in [-0.1, -0.05) is 17.7 Å². The number of nitrogens with one attached hydrogen (secondary N) is 2. The second-order valence-electron chi connectivity index (χ2n) is 17.6. The number of halogens is 1. The standard InChI is InChI=1S/C45H54ClN9O7/c1-26-5-6-30(17-28(26)19-38(27(2)56)61-24-39(47)57)49-41-36(46)22-48-44(51-41)52-13-11-33(12-14-52)62-34-20-32(21-34)53-15-16-55(45(3,4)25-53)31-7-8-35-29(18-31)23-54(43(35)60)37-9-10-40(58)50-42(37)59/h5-8,17-19,22,32-34,37H,9-16,20-21,23-25H2,1-4H3,(H2,47,57)(H,48,49,51)(H,50,58,59)/b38-19+/t32-,34-,37?. The van der Waals surface area contributed by atoms with Gasteiger partial charge in [-0.05, 0) is 106 Å². The highest BCUT2D eigenvalue weighted by atomic mass is 35.5. The number of carbonyl (C=O) groups is 5. The zero-order valence-electron chi connectivity index (χ0n) is 35.6. The molecule has 1 aromatic heterocycles. The van der Waals surface area contributed by atoms with Crippen molar-refractivity contribution < 1.29 is 33.4 Å². The van der Waals surface area contributed by atoms with Gasteiger partial charge in [0, 0.05) is 81.1 Å². The number of ether oxygens (including phenoxy) is 2. The molecule has 3 saturated heterocycles. The van der Waals surface area contributed by atoms with Crippen molar-refractivity contribution in [2.75, 3.05) is 54.4 Å². The highest BCUT2D eigenvalue weighted by molar-refractivity contribution is 6.33. The number of amides is 4. The van der Waals surface area contributed by atoms with Crippen molar-refractivity contribution in [2.45, 2.75) is 103 Å². The van der Waals surface area contributed by atoms with Gasteiger partial charge in [0.1, 0.15) is 11.1 Å². The zero-order chi connectivity index (χ0) is 43.9. The number of nitrogens with two attached hydrogens (primary N) is 1. The molecule has 4 fully saturated rings. The molecule has 17 heteroatoms. The number of ketones is 1. The van der Waals surface area contributed by atoms with Crippen LogP contribution in [0.2, 0.25) is 5.02 Å². The second-order valence-corrected chi connectivity index (χ2v) is 18.0. The quantitative estimate of drug-likeness (QED) is 0.124. The second kappa shape index (κ2) is 17.7. The molecule has 328 valence electrons. The van der Waals surface area contributed by atoms with Crippen LogP contribution in [-0.4, -0.2) is 118 Å². The average molecular weight is 868 g/mol. The highest BCUT2D eigenvalue weighted by Crippen LogP contribution is 2.38. The van der Waals surface area contributed by atoms with Gasteiger partial charge in [-0.2, -0.15) is 4.98 Å². The van der Waals surface area contributed by atoms with Gasteiger partial charge in [-0.3, -0.25) is 34.2 Å². The fourth-order valence-corrected chi connectivity index (χ4v) is 9.40. The lowest BCUT2D eigenvalue weighted by atomic mass is 9.85. The molecule has 62 heavy (non-hydrogen) atoms. The van der Waals surface area contributed by atoms with Crippen LogP contribution in [0.25, 0.3) is 6.08 Å². The van der Waals surface area contributed by atoms with Crippen LogP contribution >= 0.6 is 11.6 Å². The minimum absolute atomic E-state index is 0.0348. The van der Waals surface area contributed by atoms with Crippen molar-refractivity contribution in [2.24, 2.45) is 5.73 Å². The first-order valence-corrected chi connectivity index (χ1v) is 21.7. The third kappa shape index (κ3) is 9.27. The molecule has 1 atom stereocenters. The predicted molar refractivity (Wildman–Crippen MR) is 234 cm³/mol. The lowest BCUT2D eigenvalue weighted by Crippen LogP contribution is -2.64. The summed E-state index contributed by atoms with van der Waals surface area (Å²) in [5.41, 5.74) is 10.0. The lowest BCUT2D eigenvalue weighted by Gasteiger charge is -2.53. The zero-order valence-corrected chi connectivity index (χ0v) is 36.4. The van der Waals surface area contributed by atoms with Crippen molar-refractivity contribution >= 4 is 70.2 Å². The van der Waals surface area contributed by atoms with Gasteiger partial charge < -0.3 is 35.2 Å². The molecule has 4 N–H and O–H groups in total. The van der Waals surface area contributed by atoms with Gasteiger partial charge in [-0.15, -0.1) is 0 Å². The summed E-state index contributed by atoms with van der Waals surface area (Å²) in [4.78, 5) is 79.0. The number of aryl methyl sites for hydroxylation is 1. The van der Waals surface area contributed by atoms with Crippen molar-refractivity contribution in [3.63, 3.8) is 0 Å². The molecule has 0 spiro atoms. The number of piperazine rings is 1. The number of nitrogens with zero attached hydrogens (tertiary/aromatic N) is 6. The number of primary amides is 1. The van der Waals surface area contributed by atoms with Gasteiger partial charge in [0.15, 0.2) is 24.0 Å². The number of hydrogen-bond donors (Lipinski definition) is 3. The minimum atomic E-state index is -0.672. The van der Waals surface area contributed by atoms with Crippen LogP contribution < -0.4 is 26.2 Å². The molecule has 4 aliphatic heterocycles. The fraction of sp³-hybridized carbons (Fsp3) is 0.489. The van der Waals surface area contributed by atoms with Crippen molar-refractivity contribution in [1.82, 2.24) is 25.1 Å². The normalized spacial score (nSPS) is 23.2. The van der Waals surface area contributed by atoms with Gasteiger partial charge in [0.05, 0.1) is 18.4 Å². The Hall–Kier alpha value is -5.58. The molecule has 1 saturated carbocycles. The minimum Gasteiger partial charge on any atom is -0.480 e. The molecule has 5 aliphatic rings. The number of fused-ring (bicyclic) bond motifs is 1. The molecule has 0 bridgehead atoms. The maximum Gasteiger partial charge on any atom is 0.255 e. The first-order valence-electron chi connectivity index (χ1n) is 21.4.